The molecule has 19 rings (SSSR count). The lowest BCUT2D eigenvalue weighted by atomic mass is 9.92. The van der Waals surface area contributed by atoms with Crippen molar-refractivity contribution in [1.29, 1.82) is 0 Å². The smallest absolute Gasteiger partial charge is 0.120 e. The van der Waals surface area contributed by atoms with E-state index in [0.717, 1.165) is 164 Å². The van der Waals surface area contributed by atoms with Gasteiger partial charge in [0, 0.05) is 32.3 Å². The summed E-state index contributed by atoms with van der Waals surface area (Å²) < 4.78 is 0. The van der Waals surface area contributed by atoms with Gasteiger partial charge in [-0.05, 0) is 135 Å². The summed E-state index contributed by atoms with van der Waals surface area (Å²) in [5, 5.41) is 12.5. The molecule has 0 saturated heterocycles. The summed E-state index contributed by atoms with van der Waals surface area (Å²) in [7, 11) is 0. The molecule has 0 aliphatic heterocycles. The quantitative estimate of drug-likeness (QED) is 0.122. The lowest BCUT2D eigenvalue weighted by molar-refractivity contribution is 1.35. The predicted octanol–water partition coefficient (Wildman–Crippen LogP) is 21.9. The first-order valence-corrected chi connectivity index (χ1v) is 30.6. The third kappa shape index (κ3) is 7.78. The Kier molecular flexibility index (Phi) is 11.0. The highest BCUT2D eigenvalue weighted by Crippen LogP contribution is 2.46. The fourth-order valence-electron chi connectivity index (χ4n) is 14.1. The van der Waals surface area contributed by atoms with Crippen molar-refractivity contribution in [1.82, 2.24) is 29.9 Å². The van der Waals surface area contributed by atoms with Crippen LogP contribution in [0.25, 0.3) is 198 Å². The van der Waals surface area contributed by atoms with Crippen LogP contribution in [0.1, 0.15) is 0 Å². The highest BCUT2D eigenvalue weighted by atomic mass is 14.9. The molecule has 0 saturated carbocycles. The molecule has 0 aliphatic carbocycles. The minimum absolute atomic E-state index is 0.610. The topological polar surface area (TPSA) is 77.3 Å². The predicted molar refractivity (Wildman–Crippen MR) is 376 cm³/mol. The summed E-state index contributed by atoms with van der Waals surface area (Å²) in [6, 6.07) is 104. The number of hydrogen-bond donors (Lipinski definition) is 0. The van der Waals surface area contributed by atoms with Gasteiger partial charge in [-0.3, -0.25) is 0 Å². The summed E-state index contributed by atoms with van der Waals surface area (Å²) in [5.41, 5.74) is 21.9. The van der Waals surface area contributed by atoms with Gasteiger partial charge in [0.1, 0.15) is 33.1 Å². The summed E-state index contributed by atoms with van der Waals surface area (Å²) in [6.07, 6.45) is 0. The molecular weight excluding hydrogens is 1090 g/mol. The van der Waals surface area contributed by atoms with Crippen LogP contribution in [-0.2, 0) is 0 Å². The second-order valence-electron chi connectivity index (χ2n) is 23.6. The van der Waals surface area contributed by atoms with Crippen LogP contribution in [0.5, 0.6) is 0 Å². The number of rotatable bonds is 6. The van der Waals surface area contributed by atoms with E-state index in [4.69, 9.17) is 29.9 Å². The second kappa shape index (κ2) is 19.7. The van der Waals surface area contributed by atoms with Crippen LogP contribution < -0.4 is 0 Å². The third-order valence-electron chi connectivity index (χ3n) is 18.5. The lowest BCUT2D eigenvalue weighted by Crippen LogP contribution is -2.01. The maximum Gasteiger partial charge on any atom is 0.120 e. The van der Waals surface area contributed by atoms with Crippen molar-refractivity contribution in [3.05, 3.63) is 291 Å². The van der Waals surface area contributed by atoms with Crippen LogP contribution >= 0.6 is 0 Å². The number of nitrogens with zero attached hydrogens (tertiary/aromatic N) is 6. The Balaban J connectivity index is 0.987. The standard InChI is InChI=1S/C84H48N6/c1-7-19-49(20-8-1)55-31-37-61-67(43-55)68-44-56(50-21-9-2-10-22-50)32-38-62(68)74-73(61)85-79-80(86-74)82-84(90-78-66-42-36-60(54-29-17-6-18-30-54)48-72(66)71-47-59(53-27-15-5-16-28-53)35-41-65(71)77(78)88-82)83-81(79)87-75-63-39-33-57(51-23-11-3-12-24-51)45-69(63)70-46-58(52-25-13-4-14-26-52)34-40-64(70)76(75)89-83/h1-48H. The van der Waals surface area contributed by atoms with E-state index in [1.807, 2.05) is 0 Å². The molecule has 0 atom stereocenters. The summed E-state index contributed by atoms with van der Waals surface area (Å²) in [4.78, 5) is 35.5. The summed E-state index contributed by atoms with van der Waals surface area (Å²) in [6.45, 7) is 0. The molecule has 0 bridgehead atoms. The van der Waals surface area contributed by atoms with Crippen LogP contribution in [0.3, 0.4) is 0 Å². The van der Waals surface area contributed by atoms with Crippen LogP contribution in [-0.4, -0.2) is 29.9 Å². The van der Waals surface area contributed by atoms with Gasteiger partial charge in [-0.15, -0.1) is 0 Å². The molecule has 0 radical (unpaired) electrons. The van der Waals surface area contributed by atoms with Crippen LogP contribution in [0.2, 0.25) is 0 Å². The Labute approximate surface area is 515 Å². The molecule has 6 nitrogen and oxygen atoms in total. The van der Waals surface area contributed by atoms with Crippen molar-refractivity contribution in [2.75, 3.05) is 0 Å². The normalized spacial score (nSPS) is 12.0. The van der Waals surface area contributed by atoms with Gasteiger partial charge in [0.2, 0.25) is 0 Å². The zero-order valence-corrected chi connectivity index (χ0v) is 48.4. The van der Waals surface area contributed by atoms with Crippen LogP contribution in [0, 0.1) is 0 Å². The number of aromatic nitrogens is 6. The van der Waals surface area contributed by atoms with Crippen LogP contribution in [0.15, 0.2) is 291 Å². The first-order valence-electron chi connectivity index (χ1n) is 30.6. The highest BCUT2D eigenvalue weighted by molar-refractivity contribution is 6.32. The molecule has 0 aliphatic rings. The fourth-order valence-corrected chi connectivity index (χ4v) is 14.1. The van der Waals surface area contributed by atoms with Gasteiger partial charge in [-0.2, -0.15) is 0 Å². The molecule has 3 heterocycles. The number of fused-ring (bicyclic) bond motifs is 24. The van der Waals surface area contributed by atoms with Gasteiger partial charge in [-0.1, -0.05) is 255 Å². The van der Waals surface area contributed by atoms with E-state index in [0.29, 0.717) is 33.1 Å². The van der Waals surface area contributed by atoms with E-state index in [-0.39, 0.29) is 0 Å². The first-order chi connectivity index (χ1) is 44.6. The molecule has 0 N–H and O–H groups in total. The Hall–Kier alpha value is -12.1. The Morgan fingerprint density at radius 1 is 0.111 bits per heavy atom. The van der Waals surface area contributed by atoms with E-state index in [9.17, 15) is 0 Å². The highest BCUT2D eigenvalue weighted by Gasteiger charge is 2.25. The van der Waals surface area contributed by atoms with Crippen molar-refractivity contribution >= 4 is 131 Å². The van der Waals surface area contributed by atoms with E-state index in [1.54, 1.807) is 0 Å². The molecule has 90 heavy (non-hydrogen) atoms. The minimum atomic E-state index is 0.610. The number of benzene rings is 16. The molecular formula is C84H48N6. The van der Waals surface area contributed by atoms with Crippen molar-refractivity contribution in [3.63, 3.8) is 0 Å². The largest absolute Gasteiger partial charge is 0.241 e. The molecule has 19 aromatic rings. The molecule has 414 valence electrons. The maximum absolute atomic E-state index is 5.91. The molecule has 0 spiro atoms. The second-order valence-corrected chi connectivity index (χ2v) is 23.6. The zero-order valence-electron chi connectivity index (χ0n) is 48.4. The molecule has 3 aromatic heterocycles. The summed E-state index contributed by atoms with van der Waals surface area (Å²) in [5.74, 6) is 0. The fraction of sp³-hybridized carbons (Fsp3) is 0. The van der Waals surface area contributed by atoms with Gasteiger partial charge in [-0.25, -0.2) is 29.9 Å². The first kappa shape index (κ1) is 50.1. The van der Waals surface area contributed by atoms with Crippen molar-refractivity contribution < 1.29 is 0 Å². The van der Waals surface area contributed by atoms with E-state index in [2.05, 4.69) is 291 Å². The van der Waals surface area contributed by atoms with Crippen LogP contribution in [0.4, 0.5) is 0 Å². The molecule has 0 amide bonds. The zero-order chi connectivity index (χ0) is 59.0. The van der Waals surface area contributed by atoms with Gasteiger partial charge in [0.15, 0.2) is 0 Å². The van der Waals surface area contributed by atoms with Gasteiger partial charge < -0.3 is 0 Å². The average molecular weight is 1140 g/mol. The average Bonchev–Trinajstić information content (AvgIpc) is 0.761. The van der Waals surface area contributed by atoms with E-state index >= 15 is 0 Å². The van der Waals surface area contributed by atoms with Crippen molar-refractivity contribution in [2.24, 2.45) is 0 Å². The molecule has 16 aromatic carbocycles. The Morgan fingerprint density at radius 3 is 0.400 bits per heavy atom. The van der Waals surface area contributed by atoms with Gasteiger partial charge in [0.25, 0.3) is 0 Å². The van der Waals surface area contributed by atoms with E-state index < -0.39 is 0 Å². The number of hydrogen-bond acceptors (Lipinski definition) is 6. The van der Waals surface area contributed by atoms with Crippen molar-refractivity contribution in [3.8, 4) is 66.8 Å². The Morgan fingerprint density at radius 2 is 0.256 bits per heavy atom. The molecule has 6 heteroatoms. The van der Waals surface area contributed by atoms with Crippen molar-refractivity contribution in [2.45, 2.75) is 0 Å². The minimum Gasteiger partial charge on any atom is -0.241 e. The third-order valence-corrected chi connectivity index (χ3v) is 18.5. The Bertz CT molecular complexity index is 5210. The van der Waals surface area contributed by atoms with Gasteiger partial charge >= 0.3 is 0 Å². The maximum atomic E-state index is 5.91. The molecule has 0 unspecified atom stereocenters. The SMILES string of the molecule is c1ccc(-c2ccc3c(c2)c2cc(-c4ccccc4)ccc2c2nc4c(nc32)c2nc3c5ccc(-c6ccccc6)cc5c5cc(-c6ccccc6)ccc5c3nc2c2nc3c5ccc(-c6ccccc6)cc5c5cc(-c6ccccc6)ccc5c3nc42)cc1. The van der Waals surface area contributed by atoms with Gasteiger partial charge in [0.05, 0.1) is 33.1 Å². The summed E-state index contributed by atoms with van der Waals surface area (Å²) >= 11 is 0. The monoisotopic (exact) mass is 1140 g/mol. The lowest BCUT2D eigenvalue weighted by Gasteiger charge is -2.17. The molecule has 0 fully saturated rings. The van der Waals surface area contributed by atoms with E-state index in [1.165, 1.54) is 0 Å².